The number of aromatic nitrogens is 1. The second-order valence-electron chi connectivity index (χ2n) is 3.67. The number of nitrogens with zero attached hydrogens (tertiary/aromatic N) is 1. The minimum atomic E-state index is -0.297. The Hall–Kier alpha value is -1.42. The molecule has 0 N–H and O–H groups in total. The molecular formula is C11H10FNO2. The van der Waals surface area contributed by atoms with Crippen LogP contribution in [0.25, 0.3) is 11.1 Å². The second kappa shape index (κ2) is 3.31. The highest BCUT2D eigenvalue weighted by Gasteiger charge is 2.23. The zero-order valence-corrected chi connectivity index (χ0v) is 8.07. The maximum absolute atomic E-state index is 12.9. The van der Waals surface area contributed by atoms with E-state index in [9.17, 15) is 4.39 Å². The van der Waals surface area contributed by atoms with Crippen LogP contribution >= 0.6 is 0 Å². The van der Waals surface area contributed by atoms with E-state index in [0.29, 0.717) is 17.0 Å². The van der Waals surface area contributed by atoms with E-state index >= 15 is 0 Å². The Balaban J connectivity index is 2.05. The zero-order chi connectivity index (χ0) is 10.3. The van der Waals surface area contributed by atoms with Gasteiger partial charge in [0.1, 0.15) is 17.4 Å². The number of hydrogen-bond donors (Lipinski definition) is 0. The average molecular weight is 207 g/mol. The van der Waals surface area contributed by atoms with E-state index in [1.165, 1.54) is 12.1 Å². The summed E-state index contributed by atoms with van der Waals surface area (Å²) in [6.07, 6.45) is 1.90. The van der Waals surface area contributed by atoms with Gasteiger partial charge in [-0.2, -0.15) is 0 Å². The molecule has 78 valence electrons. The van der Waals surface area contributed by atoms with Gasteiger partial charge in [0.2, 0.25) is 5.89 Å². The highest BCUT2D eigenvalue weighted by molar-refractivity contribution is 5.72. The molecule has 0 amide bonds. The third-order valence-corrected chi connectivity index (χ3v) is 2.57. The lowest BCUT2D eigenvalue weighted by Gasteiger charge is -2.01. The fourth-order valence-electron chi connectivity index (χ4n) is 1.83. The van der Waals surface area contributed by atoms with Crippen LogP contribution in [0.2, 0.25) is 0 Å². The van der Waals surface area contributed by atoms with Gasteiger partial charge in [0, 0.05) is 12.7 Å². The number of ether oxygens (including phenoxy) is 1. The molecule has 3 nitrogen and oxygen atoms in total. The number of benzene rings is 1. The van der Waals surface area contributed by atoms with Gasteiger partial charge in [-0.15, -0.1) is 0 Å². The third-order valence-electron chi connectivity index (χ3n) is 2.57. The number of halogens is 1. The fraction of sp³-hybridized carbons (Fsp3) is 0.364. The summed E-state index contributed by atoms with van der Waals surface area (Å²) in [6.45, 7) is 0.748. The van der Waals surface area contributed by atoms with Crippen LogP contribution in [0.5, 0.6) is 0 Å². The van der Waals surface area contributed by atoms with E-state index in [1.54, 1.807) is 6.07 Å². The maximum Gasteiger partial charge on any atom is 0.224 e. The lowest BCUT2D eigenvalue weighted by Crippen LogP contribution is -1.94. The molecule has 15 heavy (non-hydrogen) atoms. The summed E-state index contributed by atoms with van der Waals surface area (Å²) in [5, 5.41) is 0. The number of fused-ring (bicyclic) bond motifs is 1. The van der Waals surface area contributed by atoms with E-state index in [0.717, 1.165) is 19.4 Å². The van der Waals surface area contributed by atoms with Crippen molar-refractivity contribution in [3.63, 3.8) is 0 Å². The number of oxazole rings is 1. The molecule has 0 radical (unpaired) electrons. The molecule has 4 heteroatoms. The summed E-state index contributed by atoms with van der Waals surface area (Å²) in [4.78, 5) is 4.22. The van der Waals surface area contributed by atoms with Crippen LogP contribution in [-0.4, -0.2) is 11.6 Å². The zero-order valence-electron chi connectivity index (χ0n) is 8.07. The SMILES string of the molecule is Fc1ccc2oc(C3CCCO3)nc2c1. The molecule has 1 saturated heterocycles. The van der Waals surface area contributed by atoms with Crippen molar-refractivity contribution in [3.05, 3.63) is 29.9 Å². The van der Waals surface area contributed by atoms with Crippen molar-refractivity contribution in [1.29, 1.82) is 0 Å². The molecule has 1 unspecified atom stereocenters. The lowest BCUT2D eigenvalue weighted by molar-refractivity contribution is 0.0907. The van der Waals surface area contributed by atoms with E-state index in [4.69, 9.17) is 9.15 Å². The monoisotopic (exact) mass is 207 g/mol. The van der Waals surface area contributed by atoms with Gasteiger partial charge in [-0.05, 0) is 25.0 Å². The fourth-order valence-corrected chi connectivity index (χ4v) is 1.83. The molecule has 2 aromatic rings. The van der Waals surface area contributed by atoms with Crippen molar-refractivity contribution in [2.75, 3.05) is 6.61 Å². The smallest absolute Gasteiger partial charge is 0.224 e. The molecule has 0 bridgehead atoms. The molecule has 1 aliphatic rings. The number of rotatable bonds is 1. The van der Waals surface area contributed by atoms with Crippen LogP contribution in [-0.2, 0) is 4.74 Å². The molecule has 0 spiro atoms. The standard InChI is InChI=1S/C11H10FNO2/c12-7-3-4-9-8(6-7)13-11(15-9)10-2-1-5-14-10/h3-4,6,10H,1-2,5H2. The third kappa shape index (κ3) is 1.51. The van der Waals surface area contributed by atoms with Crippen molar-refractivity contribution in [2.24, 2.45) is 0 Å². The van der Waals surface area contributed by atoms with E-state index in [2.05, 4.69) is 4.98 Å². The Labute approximate surface area is 85.9 Å². The van der Waals surface area contributed by atoms with Crippen molar-refractivity contribution in [3.8, 4) is 0 Å². The largest absolute Gasteiger partial charge is 0.438 e. The minimum Gasteiger partial charge on any atom is -0.438 e. The Morgan fingerprint density at radius 3 is 3.13 bits per heavy atom. The van der Waals surface area contributed by atoms with Gasteiger partial charge in [-0.1, -0.05) is 0 Å². The van der Waals surface area contributed by atoms with Crippen molar-refractivity contribution < 1.29 is 13.5 Å². The van der Waals surface area contributed by atoms with E-state index in [1.807, 2.05) is 0 Å². The van der Waals surface area contributed by atoms with Crippen LogP contribution in [0.3, 0.4) is 0 Å². The first-order valence-electron chi connectivity index (χ1n) is 5.00. The predicted molar refractivity (Wildman–Crippen MR) is 51.9 cm³/mol. The Kier molecular flexibility index (Phi) is 1.95. The molecule has 1 fully saturated rings. The first-order chi connectivity index (χ1) is 7.33. The van der Waals surface area contributed by atoms with Crippen LogP contribution in [0.1, 0.15) is 24.8 Å². The van der Waals surface area contributed by atoms with Gasteiger partial charge in [-0.3, -0.25) is 0 Å². The molecule has 0 saturated carbocycles. The second-order valence-corrected chi connectivity index (χ2v) is 3.67. The van der Waals surface area contributed by atoms with Gasteiger partial charge < -0.3 is 9.15 Å². The number of hydrogen-bond acceptors (Lipinski definition) is 3. The van der Waals surface area contributed by atoms with Crippen LogP contribution < -0.4 is 0 Å². The molecule has 3 rings (SSSR count). The van der Waals surface area contributed by atoms with E-state index < -0.39 is 0 Å². The minimum absolute atomic E-state index is 0.0551. The van der Waals surface area contributed by atoms with Gasteiger partial charge in [0.25, 0.3) is 0 Å². The van der Waals surface area contributed by atoms with Crippen molar-refractivity contribution >= 4 is 11.1 Å². The van der Waals surface area contributed by atoms with E-state index in [-0.39, 0.29) is 11.9 Å². The quantitative estimate of drug-likeness (QED) is 0.721. The van der Waals surface area contributed by atoms with Crippen molar-refractivity contribution in [2.45, 2.75) is 18.9 Å². The molecule has 1 atom stereocenters. The molecular weight excluding hydrogens is 197 g/mol. The van der Waals surface area contributed by atoms with Crippen LogP contribution in [0.15, 0.2) is 22.6 Å². The summed E-state index contributed by atoms with van der Waals surface area (Å²) in [5.41, 5.74) is 1.17. The Morgan fingerprint density at radius 2 is 2.33 bits per heavy atom. The summed E-state index contributed by atoms with van der Waals surface area (Å²) < 4.78 is 23.9. The highest BCUT2D eigenvalue weighted by atomic mass is 19.1. The van der Waals surface area contributed by atoms with Gasteiger partial charge in [0.05, 0.1) is 0 Å². The highest BCUT2D eigenvalue weighted by Crippen LogP contribution is 2.30. The normalized spacial score (nSPS) is 21.3. The lowest BCUT2D eigenvalue weighted by atomic mass is 10.2. The molecule has 2 heterocycles. The first kappa shape index (κ1) is 8.85. The van der Waals surface area contributed by atoms with Gasteiger partial charge in [0.15, 0.2) is 5.58 Å². The molecule has 0 aliphatic carbocycles. The van der Waals surface area contributed by atoms with Gasteiger partial charge in [-0.25, -0.2) is 9.37 Å². The first-order valence-corrected chi connectivity index (χ1v) is 5.00. The summed E-state index contributed by atoms with van der Waals surface area (Å²) in [7, 11) is 0. The molecule has 1 aliphatic heterocycles. The summed E-state index contributed by atoms with van der Waals surface area (Å²) in [6, 6.07) is 4.33. The van der Waals surface area contributed by atoms with Crippen molar-refractivity contribution in [1.82, 2.24) is 4.98 Å². The predicted octanol–water partition coefficient (Wildman–Crippen LogP) is 2.82. The Morgan fingerprint density at radius 1 is 1.40 bits per heavy atom. The summed E-state index contributed by atoms with van der Waals surface area (Å²) >= 11 is 0. The average Bonchev–Trinajstić information content (AvgIpc) is 2.84. The summed E-state index contributed by atoms with van der Waals surface area (Å²) in [5.74, 6) is 0.266. The molecule has 1 aromatic heterocycles. The maximum atomic E-state index is 12.9. The van der Waals surface area contributed by atoms with Crippen LogP contribution in [0, 0.1) is 5.82 Å². The Bertz CT molecular complexity index is 488. The van der Waals surface area contributed by atoms with Crippen LogP contribution in [0.4, 0.5) is 4.39 Å². The molecule has 1 aromatic carbocycles. The topological polar surface area (TPSA) is 35.3 Å². The van der Waals surface area contributed by atoms with Gasteiger partial charge >= 0.3 is 0 Å².